The Morgan fingerprint density at radius 2 is 1.90 bits per heavy atom. The van der Waals surface area contributed by atoms with Crippen LogP contribution in [0, 0.1) is 0 Å². The molecule has 0 amide bonds. The molecule has 4 heterocycles. The van der Waals surface area contributed by atoms with E-state index >= 15 is 0 Å². The van der Waals surface area contributed by atoms with E-state index in [9.17, 15) is 5.11 Å². The molecule has 1 aliphatic rings. The number of nitrogens with zero attached hydrogens (tertiary/aromatic N) is 3. The normalized spacial score (nSPS) is 15.0. The zero-order valence-electron chi connectivity index (χ0n) is 15.8. The topological polar surface area (TPSA) is 73.3 Å². The van der Waals surface area contributed by atoms with E-state index in [4.69, 9.17) is 0 Å². The standard InChI is InChI=1S/C21H21N5OS2/c27-17-4-2-1-3-15(17)25-21-20-16(23-13-24-21)11-19(29-20)18-6-5-14(28-18)12-26-9-7-22-8-10-26/h1-6,11,13,22,27H,7-10,12H2,(H,23,24,25). The van der Waals surface area contributed by atoms with Crippen molar-refractivity contribution in [2.24, 2.45) is 0 Å². The lowest BCUT2D eigenvalue weighted by Gasteiger charge is -2.26. The first-order chi connectivity index (χ1) is 14.3. The molecule has 148 valence electrons. The first-order valence-electron chi connectivity index (χ1n) is 9.58. The summed E-state index contributed by atoms with van der Waals surface area (Å²) in [5.41, 5.74) is 1.55. The van der Waals surface area contributed by atoms with Crippen molar-refractivity contribution in [2.45, 2.75) is 6.54 Å². The average Bonchev–Trinajstić information content (AvgIpc) is 3.38. The zero-order chi connectivity index (χ0) is 19.6. The van der Waals surface area contributed by atoms with Gasteiger partial charge >= 0.3 is 0 Å². The van der Waals surface area contributed by atoms with Gasteiger partial charge in [0.2, 0.25) is 0 Å². The molecule has 5 rings (SSSR count). The third-order valence-electron chi connectivity index (χ3n) is 4.96. The van der Waals surface area contributed by atoms with E-state index in [1.54, 1.807) is 29.8 Å². The number of hydrogen-bond acceptors (Lipinski definition) is 8. The molecule has 3 aromatic heterocycles. The van der Waals surface area contributed by atoms with Crippen LogP contribution in [0.2, 0.25) is 0 Å². The minimum atomic E-state index is 0.201. The summed E-state index contributed by atoms with van der Waals surface area (Å²) in [6.45, 7) is 5.36. The van der Waals surface area contributed by atoms with Crippen LogP contribution in [0.25, 0.3) is 20.0 Å². The van der Waals surface area contributed by atoms with Crippen LogP contribution in [0.1, 0.15) is 4.88 Å². The van der Waals surface area contributed by atoms with Crippen molar-refractivity contribution in [3.63, 3.8) is 0 Å². The minimum Gasteiger partial charge on any atom is -0.506 e. The van der Waals surface area contributed by atoms with Crippen LogP contribution in [-0.2, 0) is 6.54 Å². The lowest BCUT2D eigenvalue weighted by Crippen LogP contribution is -2.42. The number of fused-ring (bicyclic) bond motifs is 1. The van der Waals surface area contributed by atoms with Gasteiger partial charge in [0.1, 0.15) is 12.1 Å². The molecule has 1 fully saturated rings. The number of hydrogen-bond donors (Lipinski definition) is 3. The van der Waals surface area contributed by atoms with Crippen LogP contribution in [0.5, 0.6) is 5.75 Å². The molecule has 1 aromatic carbocycles. The first kappa shape index (κ1) is 18.5. The Kier molecular flexibility index (Phi) is 5.15. The van der Waals surface area contributed by atoms with Crippen LogP contribution < -0.4 is 10.6 Å². The monoisotopic (exact) mass is 423 g/mol. The molecular formula is C21H21N5OS2. The second-order valence-corrected chi connectivity index (χ2v) is 9.20. The van der Waals surface area contributed by atoms with Crippen LogP contribution in [0.15, 0.2) is 48.8 Å². The number of benzene rings is 1. The number of para-hydroxylation sites is 2. The molecule has 0 atom stereocenters. The average molecular weight is 424 g/mol. The quantitative estimate of drug-likeness (QED) is 0.416. The number of anilines is 2. The van der Waals surface area contributed by atoms with E-state index in [-0.39, 0.29) is 5.75 Å². The number of phenols is 1. The molecule has 6 nitrogen and oxygen atoms in total. The number of nitrogens with one attached hydrogen (secondary N) is 2. The number of aromatic hydroxyl groups is 1. The fourth-order valence-corrected chi connectivity index (χ4v) is 5.64. The second kappa shape index (κ2) is 8.08. The number of piperazine rings is 1. The fraction of sp³-hybridized carbons (Fsp3) is 0.238. The van der Waals surface area contributed by atoms with E-state index in [1.807, 2.05) is 23.5 Å². The Bertz CT molecular complexity index is 1130. The molecule has 1 aliphatic heterocycles. The van der Waals surface area contributed by atoms with Gasteiger partial charge in [-0.1, -0.05) is 12.1 Å². The Balaban J connectivity index is 1.41. The highest BCUT2D eigenvalue weighted by molar-refractivity contribution is 7.26. The minimum absolute atomic E-state index is 0.201. The van der Waals surface area contributed by atoms with Crippen molar-refractivity contribution in [3.05, 3.63) is 53.7 Å². The summed E-state index contributed by atoms with van der Waals surface area (Å²) in [6, 6.07) is 13.7. The van der Waals surface area contributed by atoms with Gasteiger partial charge in [-0.3, -0.25) is 4.90 Å². The summed E-state index contributed by atoms with van der Waals surface area (Å²) in [5.74, 6) is 0.914. The fourth-order valence-electron chi connectivity index (χ4n) is 3.46. The molecule has 0 bridgehead atoms. The molecule has 29 heavy (non-hydrogen) atoms. The van der Waals surface area contributed by atoms with Gasteiger partial charge in [-0.05, 0) is 30.3 Å². The zero-order valence-corrected chi connectivity index (χ0v) is 17.4. The molecule has 3 N–H and O–H groups in total. The maximum atomic E-state index is 10.1. The van der Waals surface area contributed by atoms with E-state index in [0.29, 0.717) is 11.5 Å². The van der Waals surface area contributed by atoms with E-state index in [2.05, 4.69) is 43.7 Å². The molecule has 4 aromatic rings. The molecule has 1 saturated heterocycles. The molecule has 8 heteroatoms. The third-order valence-corrected chi connectivity index (χ3v) is 7.36. The van der Waals surface area contributed by atoms with Crippen LogP contribution in [-0.4, -0.2) is 46.2 Å². The third kappa shape index (κ3) is 3.97. The number of thiophene rings is 2. The summed E-state index contributed by atoms with van der Waals surface area (Å²) in [4.78, 5) is 15.2. The van der Waals surface area contributed by atoms with Crippen molar-refractivity contribution in [1.82, 2.24) is 20.2 Å². The summed E-state index contributed by atoms with van der Waals surface area (Å²) < 4.78 is 0.989. The lowest BCUT2D eigenvalue weighted by atomic mass is 10.3. The Hall–Kier alpha value is -2.52. The Morgan fingerprint density at radius 3 is 2.76 bits per heavy atom. The maximum Gasteiger partial charge on any atom is 0.151 e. The van der Waals surface area contributed by atoms with Crippen molar-refractivity contribution in [1.29, 1.82) is 0 Å². The van der Waals surface area contributed by atoms with Gasteiger partial charge in [-0.15, -0.1) is 22.7 Å². The van der Waals surface area contributed by atoms with Crippen LogP contribution in [0.4, 0.5) is 11.5 Å². The van der Waals surface area contributed by atoms with Gasteiger partial charge < -0.3 is 15.7 Å². The number of aromatic nitrogens is 2. The maximum absolute atomic E-state index is 10.1. The van der Waals surface area contributed by atoms with Crippen molar-refractivity contribution in [3.8, 4) is 15.5 Å². The van der Waals surface area contributed by atoms with E-state index < -0.39 is 0 Å². The second-order valence-electron chi connectivity index (χ2n) is 6.98. The van der Waals surface area contributed by atoms with Gasteiger partial charge in [-0.2, -0.15) is 0 Å². The van der Waals surface area contributed by atoms with Gasteiger partial charge in [0.15, 0.2) is 5.82 Å². The predicted molar refractivity (Wildman–Crippen MR) is 120 cm³/mol. The lowest BCUT2D eigenvalue weighted by molar-refractivity contribution is 0.235. The van der Waals surface area contributed by atoms with Gasteiger partial charge in [-0.25, -0.2) is 9.97 Å². The van der Waals surface area contributed by atoms with Crippen molar-refractivity contribution < 1.29 is 5.11 Å². The van der Waals surface area contributed by atoms with Crippen LogP contribution in [0.3, 0.4) is 0 Å². The van der Waals surface area contributed by atoms with E-state index in [1.165, 1.54) is 14.6 Å². The SMILES string of the molecule is Oc1ccccc1Nc1ncnc2cc(-c3ccc(CN4CCNCC4)s3)sc12. The summed E-state index contributed by atoms with van der Waals surface area (Å²) >= 11 is 3.53. The molecule has 0 saturated carbocycles. The Morgan fingerprint density at radius 1 is 1.03 bits per heavy atom. The summed E-state index contributed by atoms with van der Waals surface area (Å²) in [7, 11) is 0. The molecular weight excluding hydrogens is 402 g/mol. The van der Waals surface area contributed by atoms with Gasteiger partial charge in [0.25, 0.3) is 0 Å². The molecule has 0 radical (unpaired) electrons. The number of rotatable bonds is 5. The van der Waals surface area contributed by atoms with Crippen LogP contribution >= 0.6 is 22.7 Å². The highest BCUT2D eigenvalue weighted by Crippen LogP contribution is 2.40. The highest BCUT2D eigenvalue weighted by Gasteiger charge is 2.15. The smallest absolute Gasteiger partial charge is 0.151 e. The highest BCUT2D eigenvalue weighted by atomic mass is 32.1. The van der Waals surface area contributed by atoms with E-state index in [0.717, 1.165) is 42.9 Å². The predicted octanol–water partition coefficient (Wildman–Crippen LogP) is 4.27. The van der Waals surface area contributed by atoms with Gasteiger partial charge in [0.05, 0.1) is 15.9 Å². The first-order valence-corrected chi connectivity index (χ1v) is 11.2. The number of phenolic OH excluding ortho intramolecular Hbond substituents is 1. The van der Waals surface area contributed by atoms with Crippen molar-refractivity contribution in [2.75, 3.05) is 31.5 Å². The molecule has 0 aliphatic carbocycles. The molecule has 0 unspecified atom stereocenters. The Labute approximate surface area is 176 Å². The molecule has 0 spiro atoms. The largest absolute Gasteiger partial charge is 0.506 e. The van der Waals surface area contributed by atoms with Crippen molar-refractivity contribution >= 4 is 44.4 Å². The summed E-state index contributed by atoms with van der Waals surface area (Å²) in [5, 5.41) is 16.7. The summed E-state index contributed by atoms with van der Waals surface area (Å²) in [6.07, 6.45) is 1.56. The van der Waals surface area contributed by atoms with Gasteiger partial charge in [0, 0.05) is 47.4 Å².